The van der Waals surface area contributed by atoms with Crippen LogP contribution in [-0.2, 0) is 24.9 Å². The van der Waals surface area contributed by atoms with Crippen LogP contribution in [0.3, 0.4) is 0 Å². The summed E-state index contributed by atoms with van der Waals surface area (Å²) in [7, 11) is -5.14. The van der Waals surface area contributed by atoms with E-state index in [1.165, 1.54) is 24.3 Å². The molecule has 1 rings (SSSR count). The van der Waals surface area contributed by atoms with Gasteiger partial charge in [0.2, 0.25) is 0 Å². The molecule has 1 aromatic carbocycles. The average molecular weight is 306 g/mol. The molecule has 0 saturated carbocycles. The van der Waals surface area contributed by atoms with E-state index in [1.54, 1.807) is 0 Å². The maximum absolute atomic E-state index is 11.4. The van der Waals surface area contributed by atoms with Crippen molar-refractivity contribution in [1.82, 2.24) is 0 Å². The standard InChI is InChI=1S/C9H11N2O8P/c10-8(5-6-1-3-7(12)4-2-6)9(13)18-20(16,17)19-11(14)15/h1-4,8,12H,5,10H2,(H,16,17)/t8-/m0/s1. The molecule has 110 valence electrons. The predicted molar refractivity (Wildman–Crippen MR) is 63.8 cm³/mol. The Kier molecular flexibility index (Phi) is 5.03. The minimum absolute atomic E-state index is 0.0177. The van der Waals surface area contributed by atoms with Gasteiger partial charge in [-0.15, -0.1) is 10.1 Å². The minimum atomic E-state index is -5.14. The molecule has 0 heterocycles. The number of nitrogens with zero attached hydrogens (tertiary/aromatic N) is 1. The number of carbonyl (C=O) groups excluding carboxylic acids is 1. The molecule has 0 radical (unpaired) electrons. The third-order valence-corrected chi connectivity index (χ3v) is 2.82. The monoisotopic (exact) mass is 306 g/mol. The SMILES string of the molecule is N[C@@H](Cc1ccc(O)cc1)C(=O)OP(=O)(O)O[N+](=O)[O-]. The number of benzene rings is 1. The van der Waals surface area contributed by atoms with Gasteiger partial charge in [0.05, 0.1) is 0 Å². The molecule has 0 aliphatic heterocycles. The molecule has 4 N–H and O–H groups in total. The van der Waals surface area contributed by atoms with Gasteiger partial charge in [0, 0.05) is 0 Å². The summed E-state index contributed by atoms with van der Waals surface area (Å²) in [6.07, 6.45) is -0.0580. The van der Waals surface area contributed by atoms with Crippen LogP contribution in [0.5, 0.6) is 5.75 Å². The lowest BCUT2D eigenvalue weighted by atomic mass is 10.1. The van der Waals surface area contributed by atoms with Gasteiger partial charge in [-0.05, 0) is 24.1 Å². The van der Waals surface area contributed by atoms with Crippen LogP contribution >= 0.6 is 7.82 Å². The van der Waals surface area contributed by atoms with E-state index < -0.39 is 24.9 Å². The Morgan fingerprint density at radius 3 is 2.50 bits per heavy atom. The zero-order valence-corrected chi connectivity index (χ0v) is 10.8. The molecule has 0 amide bonds. The first kappa shape index (κ1) is 15.9. The maximum atomic E-state index is 11.4. The third-order valence-electron chi connectivity index (χ3n) is 2.07. The molecular formula is C9H11N2O8P. The average Bonchev–Trinajstić information content (AvgIpc) is 2.29. The number of phosphoric ester groups is 1. The van der Waals surface area contributed by atoms with Crippen LogP contribution in [0.15, 0.2) is 24.3 Å². The van der Waals surface area contributed by atoms with Gasteiger partial charge in [-0.1, -0.05) is 12.1 Å². The van der Waals surface area contributed by atoms with Gasteiger partial charge in [-0.3, -0.25) is 4.89 Å². The van der Waals surface area contributed by atoms with Gasteiger partial charge in [0.1, 0.15) is 11.8 Å². The van der Waals surface area contributed by atoms with Crippen LogP contribution < -0.4 is 5.73 Å². The van der Waals surface area contributed by atoms with E-state index in [1.807, 2.05) is 0 Å². The van der Waals surface area contributed by atoms with Gasteiger partial charge in [0.15, 0.2) is 0 Å². The fraction of sp³-hybridized carbons (Fsp3) is 0.222. The number of hydrogen-bond donors (Lipinski definition) is 3. The van der Waals surface area contributed by atoms with Crippen molar-refractivity contribution in [2.24, 2.45) is 5.73 Å². The third kappa shape index (κ3) is 5.22. The number of carbonyl (C=O) groups is 1. The summed E-state index contributed by atoms with van der Waals surface area (Å²) in [6.45, 7) is 0. The van der Waals surface area contributed by atoms with Crippen molar-refractivity contribution in [2.45, 2.75) is 12.5 Å². The summed E-state index contributed by atoms with van der Waals surface area (Å²) < 4.78 is 18.3. The zero-order valence-electron chi connectivity index (χ0n) is 9.91. The first-order valence-corrected chi connectivity index (χ1v) is 6.63. The second-order valence-corrected chi connectivity index (χ2v) is 4.94. The summed E-state index contributed by atoms with van der Waals surface area (Å²) >= 11 is 0. The van der Waals surface area contributed by atoms with Crippen LogP contribution in [0, 0.1) is 10.1 Å². The van der Waals surface area contributed by atoms with E-state index in [4.69, 9.17) is 15.7 Å². The van der Waals surface area contributed by atoms with Crippen LogP contribution in [0.2, 0.25) is 0 Å². The lowest BCUT2D eigenvalue weighted by Crippen LogP contribution is -2.34. The molecule has 0 bridgehead atoms. The maximum Gasteiger partial charge on any atom is 0.560 e. The van der Waals surface area contributed by atoms with Crippen LogP contribution in [0.1, 0.15) is 5.56 Å². The van der Waals surface area contributed by atoms with Gasteiger partial charge in [-0.2, -0.15) is 4.62 Å². The Morgan fingerprint density at radius 1 is 1.45 bits per heavy atom. The summed E-state index contributed by atoms with van der Waals surface area (Å²) in [5, 5.41) is 17.4. The molecule has 1 unspecified atom stereocenters. The number of aromatic hydroxyl groups is 1. The lowest BCUT2D eigenvalue weighted by Gasteiger charge is -2.13. The first-order valence-electron chi connectivity index (χ1n) is 5.13. The van der Waals surface area contributed by atoms with Crippen LogP contribution in [0.25, 0.3) is 0 Å². The molecule has 0 fully saturated rings. The number of nitrogens with two attached hydrogens (primary N) is 1. The van der Waals surface area contributed by atoms with E-state index in [0.717, 1.165) is 0 Å². The Hall–Kier alpha value is -2.16. The van der Waals surface area contributed by atoms with Crippen molar-refractivity contribution < 1.29 is 33.6 Å². The van der Waals surface area contributed by atoms with Crippen molar-refractivity contribution in [3.8, 4) is 5.75 Å². The quantitative estimate of drug-likeness (QED) is 0.376. The highest BCUT2D eigenvalue weighted by molar-refractivity contribution is 7.47. The fourth-order valence-corrected chi connectivity index (χ4v) is 1.82. The van der Waals surface area contributed by atoms with Crippen molar-refractivity contribution in [1.29, 1.82) is 0 Å². The second-order valence-electron chi connectivity index (χ2n) is 3.66. The largest absolute Gasteiger partial charge is 0.560 e. The van der Waals surface area contributed by atoms with Crippen molar-refractivity contribution in [3.63, 3.8) is 0 Å². The molecule has 0 spiro atoms. The Bertz CT molecular complexity index is 545. The molecule has 11 heteroatoms. The highest BCUT2D eigenvalue weighted by Crippen LogP contribution is 2.43. The van der Waals surface area contributed by atoms with E-state index in [0.29, 0.717) is 5.56 Å². The normalized spacial score (nSPS) is 14.9. The molecule has 20 heavy (non-hydrogen) atoms. The molecule has 0 aliphatic carbocycles. The van der Waals surface area contributed by atoms with E-state index in [2.05, 4.69) is 9.15 Å². The number of hydrogen-bond acceptors (Lipinski definition) is 8. The highest BCUT2D eigenvalue weighted by atomic mass is 31.2. The predicted octanol–water partition coefficient (Wildman–Crippen LogP) is 0.114. The van der Waals surface area contributed by atoms with E-state index >= 15 is 0 Å². The smallest absolute Gasteiger partial charge is 0.508 e. The van der Waals surface area contributed by atoms with Crippen molar-refractivity contribution >= 4 is 13.8 Å². The zero-order chi connectivity index (χ0) is 15.3. The summed E-state index contributed by atoms with van der Waals surface area (Å²) in [4.78, 5) is 30.1. The Balaban J connectivity index is 2.61. The molecule has 0 saturated heterocycles. The van der Waals surface area contributed by atoms with Gasteiger partial charge in [-0.25, -0.2) is 9.36 Å². The molecule has 0 aliphatic rings. The summed E-state index contributed by atoms with van der Waals surface area (Å²) in [5.41, 5.74) is 5.98. The number of rotatable bonds is 6. The number of phosphoric acid groups is 1. The van der Waals surface area contributed by atoms with Crippen LogP contribution in [-0.4, -0.2) is 27.1 Å². The van der Waals surface area contributed by atoms with Crippen LogP contribution in [0.4, 0.5) is 0 Å². The molecule has 1 aromatic rings. The minimum Gasteiger partial charge on any atom is -0.508 e. The van der Waals surface area contributed by atoms with Gasteiger partial charge < -0.3 is 15.4 Å². The number of phenolic OH excluding ortho intramolecular Hbond substituents is 1. The molecule has 2 atom stereocenters. The fourth-order valence-electron chi connectivity index (χ4n) is 1.25. The summed E-state index contributed by atoms with van der Waals surface area (Å²) in [5.74, 6) is -1.31. The number of phenols is 1. The first-order chi connectivity index (χ1) is 9.19. The molecular weight excluding hydrogens is 295 g/mol. The Morgan fingerprint density at radius 2 is 2.00 bits per heavy atom. The Labute approximate surface area is 112 Å². The van der Waals surface area contributed by atoms with Gasteiger partial charge >= 0.3 is 18.9 Å². The topological polar surface area (TPSA) is 162 Å². The molecule has 10 nitrogen and oxygen atoms in total. The lowest BCUT2D eigenvalue weighted by molar-refractivity contribution is -0.717. The second kappa shape index (κ2) is 6.33. The van der Waals surface area contributed by atoms with Gasteiger partial charge in [0.25, 0.3) is 0 Å². The summed E-state index contributed by atoms with van der Waals surface area (Å²) in [6, 6.07) is 4.36. The highest BCUT2D eigenvalue weighted by Gasteiger charge is 2.32. The van der Waals surface area contributed by atoms with E-state index in [9.17, 15) is 19.5 Å². The van der Waals surface area contributed by atoms with E-state index in [-0.39, 0.29) is 12.2 Å². The van der Waals surface area contributed by atoms with Crippen molar-refractivity contribution in [2.75, 3.05) is 0 Å². The molecule has 0 aromatic heterocycles. The van der Waals surface area contributed by atoms with Crippen molar-refractivity contribution in [3.05, 3.63) is 39.9 Å².